The predicted molar refractivity (Wildman–Crippen MR) is 151 cm³/mol. The van der Waals surface area contributed by atoms with E-state index in [-0.39, 0.29) is 5.57 Å². The van der Waals surface area contributed by atoms with Gasteiger partial charge in [0.1, 0.15) is 24.0 Å². The fourth-order valence-corrected chi connectivity index (χ4v) is 4.49. The summed E-state index contributed by atoms with van der Waals surface area (Å²) in [4.78, 5) is 13.0. The molecule has 1 amide bonds. The molecule has 0 aromatic heterocycles. The van der Waals surface area contributed by atoms with Crippen molar-refractivity contribution >= 4 is 62.4 Å². The van der Waals surface area contributed by atoms with Gasteiger partial charge in [-0.2, -0.15) is 5.26 Å². The number of amides is 1. The minimum absolute atomic E-state index is 0.0718. The lowest BCUT2D eigenvalue weighted by molar-refractivity contribution is -0.112. The van der Waals surface area contributed by atoms with Gasteiger partial charge in [-0.1, -0.05) is 96.0 Å². The van der Waals surface area contributed by atoms with E-state index in [1.165, 1.54) is 6.07 Å². The molecule has 4 nitrogen and oxygen atoms in total. The number of carbonyl (C=O) groups is 1. The molecule has 0 aliphatic carbocycles. The van der Waals surface area contributed by atoms with E-state index in [9.17, 15) is 10.1 Å². The second-order valence-corrected chi connectivity index (χ2v) is 9.19. The molecule has 5 rings (SSSR count). The number of fused-ring (bicyclic) bond motifs is 2. The SMILES string of the molecule is N#C/C(=C\c1c(OCc2cccc3ccccc23)ccc2ccccc12)C(=O)Nc1ccc(Cl)c(Cl)c1. The van der Waals surface area contributed by atoms with Crippen molar-refractivity contribution in [3.05, 3.63) is 124 Å². The number of halogens is 2. The van der Waals surface area contributed by atoms with E-state index in [0.29, 0.717) is 33.7 Å². The topological polar surface area (TPSA) is 62.1 Å². The number of anilines is 1. The Morgan fingerprint density at radius 3 is 2.30 bits per heavy atom. The number of hydrogen-bond donors (Lipinski definition) is 1. The number of nitrogens with zero attached hydrogens (tertiary/aromatic N) is 1. The molecule has 0 unspecified atom stereocenters. The number of benzene rings is 5. The molecule has 180 valence electrons. The van der Waals surface area contributed by atoms with Crippen LogP contribution in [0.4, 0.5) is 5.69 Å². The van der Waals surface area contributed by atoms with E-state index >= 15 is 0 Å². The van der Waals surface area contributed by atoms with Gasteiger partial charge in [0, 0.05) is 11.3 Å². The van der Waals surface area contributed by atoms with Crippen molar-refractivity contribution < 1.29 is 9.53 Å². The van der Waals surface area contributed by atoms with Crippen LogP contribution < -0.4 is 10.1 Å². The smallest absolute Gasteiger partial charge is 0.266 e. The summed E-state index contributed by atoms with van der Waals surface area (Å²) < 4.78 is 6.29. The molecule has 0 spiro atoms. The van der Waals surface area contributed by atoms with Crippen LogP contribution in [0.2, 0.25) is 10.0 Å². The summed E-state index contributed by atoms with van der Waals surface area (Å²) in [6.45, 7) is 0.331. The molecule has 0 saturated heterocycles. The first-order valence-corrected chi connectivity index (χ1v) is 12.3. The van der Waals surface area contributed by atoms with Crippen LogP contribution in [-0.4, -0.2) is 5.91 Å². The monoisotopic (exact) mass is 522 g/mol. The zero-order valence-electron chi connectivity index (χ0n) is 19.5. The van der Waals surface area contributed by atoms with Gasteiger partial charge in [0.25, 0.3) is 5.91 Å². The van der Waals surface area contributed by atoms with Gasteiger partial charge in [-0.05, 0) is 57.4 Å². The molecule has 0 bridgehead atoms. The summed E-state index contributed by atoms with van der Waals surface area (Å²) in [5.74, 6) is 0.00977. The third-order valence-corrected chi connectivity index (χ3v) is 6.76. The van der Waals surface area contributed by atoms with Gasteiger partial charge in [0.2, 0.25) is 0 Å². The standard InChI is InChI=1S/C31H20Cl2N2O2/c32-28-14-13-24(17-29(28)33)35-31(36)23(18-34)16-27-26-11-4-2-7-21(26)12-15-30(27)37-19-22-9-5-8-20-6-1-3-10-25(20)22/h1-17H,19H2,(H,35,36)/b23-16+. The van der Waals surface area contributed by atoms with Crippen LogP contribution in [0.5, 0.6) is 5.75 Å². The highest BCUT2D eigenvalue weighted by atomic mass is 35.5. The van der Waals surface area contributed by atoms with E-state index in [2.05, 4.69) is 23.5 Å². The Labute approximate surface area is 224 Å². The minimum atomic E-state index is -0.561. The van der Waals surface area contributed by atoms with E-state index < -0.39 is 5.91 Å². The molecule has 0 atom stereocenters. The van der Waals surface area contributed by atoms with Crippen LogP contribution in [-0.2, 0) is 11.4 Å². The molecule has 0 aliphatic rings. The molecule has 37 heavy (non-hydrogen) atoms. The van der Waals surface area contributed by atoms with Crippen molar-refractivity contribution in [2.24, 2.45) is 0 Å². The number of nitriles is 1. The lowest BCUT2D eigenvalue weighted by Gasteiger charge is -2.14. The maximum Gasteiger partial charge on any atom is 0.266 e. The summed E-state index contributed by atoms with van der Waals surface area (Å²) in [5.41, 5.74) is 2.06. The summed E-state index contributed by atoms with van der Waals surface area (Å²) in [7, 11) is 0. The first kappa shape index (κ1) is 24.4. The van der Waals surface area contributed by atoms with Crippen molar-refractivity contribution in [3.63, 3.8) is 0 Å². The molecule has 0 fully saturated rings. The molecule has 1 N–H and O–H groups in total. The maximum absolute atomic E-state index is 13.0. The number of carbonyl (C=O) groups excluding carboxylic acids is 1. The highest BCUT2D eigenvalue weighted by molar-refractivity contribution is 6.42. The zero-order valence-corrected chi connectivity index (χ0v) is 21.1. The number of nitrogens with one attached hydrogen (secondary N) is 1. The van der Waals surface area contributed by atoms with E-state index in [1.54, 1.807) is 18.2 Å². The molecule has 0 heterocycles. The van der Waals surface area contributed by atoms with E-state index in [1.807, 2.05) is 66.7 Å². The molecule has 0 saturated carbocycles. The quantitative estimate of drug-likeness (QED) is 0.180. The highest BCUT2D eigenvalue weighted by Gasteiger charge is 2.15. The Bertz CT molecular complexity index is 1720. The van der Waals surface area contributed by atoms with Crippen molar-refractivity contribution in [2.45, 2.75) is 6.61 Å². The Kier molecular flexibility index (Phi) is 7.09. The normalized spacial score (nSPS) is 11.3. The largest absolute Gasteiger partial charge is 0.488 e. The first-order valence-electron chi connectivity index (χ1n) is 11.5. The third-order valence-electron chi connectivity index (χ3n) is 6.03. The van der Waals surface area contributed by atoms with Crippen LogP contribution in [0, 0.1) is 11.3 Å². The van der Waals surface area contributed by atoms with Crippen LogP contribution in [0.25, 0.3) is 27.6 Å². The van der Waals surface area contributed by atoms with Gasteiger partial charge in [-0.25, -0.2) is 0 Å². The van der Waals surface area contributed by atoms with Crippen LogP contribution in [0.1, 0.15) is 11.1 Å². The van der Waals surface area contributed by atoms with Crippen molar-refractivity contribution in [1.29, 1.82) is 5.26 Å². The van der Waals surface area contributed by atoms with Gasteiger partial charge >= 0.3 is 0 Å². The molecule has 0 aliphatic heterocycles. The average Bonchev–Trinajstić information content (AvgIpc) is 2.92. The Morgan fingerprint density at radius 2 is 1.54 bits per heavy atom. The van der Waals surface area contributed by atoms with E-state index in [0.717, 1.165) is 27.1 Å². The number of ether oxygens (including phenoxy) is 1. The number of hydrogen-bond acceptors (Lipinski definition) is 3. The predicted octanol–water partition coefficient (Wildman–Crippen LogP) is 8.42. The highest BCUT2D eigenvalue weighted by Crippen LogP contribution is 2.32. The molecular weight excluding hydrogens is 503 g/mol. The first-order chi connectivity index (χ1) is 18.0. The zero-order chi connectivity index (χ0) is 25.8. The Hall–Kier alpha value is -4.30. The fraction of sp³-hybridized carbons (Fsp3) is 0.0323. The lowest BCUT2D eigenvalue weighted by Crippen LogP contribution is -2.13. The number of rotatable bonds is 6. The molecule has 5 aromatic carbocycles. The summed E-state index contributed by atoms with van der Waals surface area (Å²) in [6, 6.07) is 32.6. The van der Waals surface area contributed by atoms with Crippen molar-refractivity contribution in [2.75, 3.05) is 5.32 Å². The molecular formula is C31H20Cl2N2O2. The third kappa shape index (κ3) is 5.29. The van der Waals surface area contributed by atoms with E-state index in [4.69, 9.17) is 27.9 Å². The fourth-order valence-electron chi connectivity index (χ4n) is 4.19. The molecule has 6 heteroatoms. The van der Waals surface area contributed by atoms with Gasteiger partial charge in [-0.3, -0.25) is 4.79 Å². The van der Waals surface area contributed by atoms with Gasteiger partial charge in [0.05, 0.1) is 10.0 Å². The lowest BCUT2D eigenvalue weighted by atomic mass is 10.0. The van der Waals surface area contributed by atoms with Gasteiger partial charge in [-0.15, -0.1) is 0 Å². The second-order valence-electron chi connectivity index (χ2n) is 8.38. The minimum Gasteiger partial charge on any atom is -0.488 e. The summed E-state index contributed by atoms with van der Waals surface area (Å²) in [6.07, 6.45) is 1.56. The second kappa shape index (κ2) is 10.8. The maximum atomic E-state index is 13.0. The molecule has 0 radical (unpaired) electrons. The van der Waals surface area contributed by atoms with Crippen LogP contribution >= 0.6 is 23.2 Å². The van der Waals surface area contributed by atoms with Gasteiger partial charge < -0.3 is 10.1 Å². The Balaban J connectivity index is 1.51. The van der Waals surface area contributed by atoms with Crippen LogP contribution in [0.3, 0.4) is 0 Å². The van der Waals surface area contributed by atoms with Crippen LogP contribution in [0.15, 0.2) is 103 Å². The van der Waals surface area contributed by atoms with Crippen molar-refractivity contribution in [1.82, 2.24) is 0 Å². The average molecular weight is 523 g/mol. The Morgan fingerprint density at radius 1 is 0.838 bits per heavy atom. The molecule has 5 aromatic rings. The summed E-state index contributed by atoms with van der Waals surface area (Å²) >= 11 is 12.0. The van der Waals surface area contributed by atoms with Gasteiger partial charge in [0.15, 0.2) is 0 Å². The summed E-state index contributed by atoms with van der Waals surface area (Å²) in [5, 5.41) is 17.3. The van der Waals surface area contributed by atoms with Crippen molar-refractivity contribution in [3.8, 4) is 11.8 Å².